The highest BCUT2D eigenvalue weighted by Gasteiger charge is 2.16. The number of ether oxygens (including phenoxy) is 3. The van der Waals surface area contributed by atoms with Gasteiger partial charge >= 0.3 is 0 Å². The molecule has 1 heterocycles. The van der Waals surface area contributed by atoms with Crippen LogP contribution in [-0.4, -0.2) is 38.8 Å². The zero-order valence-corrected chi connectivity index (χ0v) is 16.7. The number of methoxy groups -OCH3 is 1. The third-order valence-electron chi connectivity index (χ3n) is 3.06. The van der Waals surface area contributed by atoms with Crippen LogP contribution in [0.3, 0.4) is 0 Å². The van der Waals surface area contributed by atoms with Gasteiger partial charge in [0.15, 0.2) is 11.5 Å². The van der Waals surface area contributed by atoms with Gasteiger partial charge in [-0.25, -0.2) is 18.1 Å². The van der Waals surface area contributed by atoms with Crippen LogP contribution < -0.4 is 18.9 Å². The minimum atomic E-state index is -3.67. The number of amides is 1. The van der Waals surface area contributed by atoms with E-state index in [1.807, 2.05) is 18.6 Å². The second-order valence-corrected chi connectivity index (χ2v) is 7.95. The first-order chi connectivity index (χ1) is 12.6. The summed E-state index contributed by atoms with van der Waals surface area (Å²) in [6, 6.07) is 5.78. The van der Waals surface area contributed by atoms with Crippen LogP contribution in [0.5, 0.6) is 23.1 Å². The Hall–Kier alpha value is -2.52. The van der Waals surface area contributed by atoms with Gasteiger partial charge in [0, 0.05) is 11.6 Å². The summed E-state index contributed by atoms with van der Waals surface area (Å²) >= 11 is 6.13. The van der Waals surface area contributed by atoms with E-state index in [0.29, 0.717) is 17.4 Å². The fourth-order valence-electron chi connectivity index (χ4n) is 2.02. The zero-order valence-electron chi connectivity index (χ0n) is 15.1. The predicted molar refractivity (Wildman–Crippen MR) is 100 cm³/mol. The molecule has 146 valence electrons. The van der Waals surface area contributed by atoms with Crippen molar-refractivity contribution in [2.75, 3.05) is 13.4 Å². The van der Waals surface area contributed by atoms with Crippen LogP contribution >= 0.6 is 11.6 Å². The van der Waals surface area contributed by atoms with Crippen LogP contribution in [0, 0.1) is 0 Å². The molecule has 0 fully saturated rings. The van der Waals surface area contributed by atoms with Crippen molar-refractivity contribution in [3.05, 3.63) is 41.0 Å². The first-order valence-electron chi connectivity index (χ1n) is 7.79. The van der Waals surface area contributed by atoms with Gasteiger partial charge in [0.2, 0.25) is 15.9 Å². The number of benzene rings is 1. The van der Waals surface area contributed by atoms with Crippen LogP contribution in [0.1, 0.15) is 24.2 Å². The Morgan fingerprint density at radius 1 is 1.22 bits per heavy atom. The maximum atomic E-state index is 11.9. The van der Waals surface area contributed by atoms with E-state index in [9.17, 15) is 13.2 Å². The van der Waals surface area contributed by atoms with E-state index in [4.69, 9.17) is 25.8 Å². The molecule has 2 rings (SSSR count). The quantitative estimate of drug-likeness (QED) is 0.742. The van der Waals surface area contributed by atoms with Crippen LogP contribution in [-0.2, 0) is 10.0 Å². The lowest BCUT2D eigenvalue weighted by molar-refractivity contribution is 0.0981. The van der Waals surface area contributed by atoms with Crippen molar-refractivity contribution in [3.8, 4) is 23.1 Å². The average molecular weight is 415 g/mol. The van der Waals surface area contributed by atoms with E-state index in [2.05, 4.69) is 4.98 Å². The molecule has 0 aliphatic heterocycles. The van der Waals surface area contributed by atoms with Crippen molar-refractivity contribution in [1.82, 2.24) is 9.71 Å². The van der Waals surface area contributed by atoms with Crippen molar-refractivity contribution in [1.29, 1.82) is 0 Å². The number of carbonyl (C=O) groups is 1. The molecule has 2 aromatic rings. The monoisotopic (exact) mass is 414 g/mol. The number of hydrogen-bond donors (Lipinski definition) is 1. The third kappa shape index (κ3) is 6.00. The molecular weight excluding hydrogens is 396 g/mol. The standard InChI is InChI=1S/C17H19ClN2O6S/c1-10(2)25-17-13(18)8-12(9-19-17)26-14-6-5-11(7-15(14)24-3)16(21)20-27(4,22)23/h5-10H,1-4H3,(H,20,21). The molecule has 0 atom stereocenters. The number of pyridine rings is 1. The summed E-state index contributed by atoms with van der Waals surface area (Å²) in [5.41, 5.74) is 0.0986. The fraction of sp³-hybridized carbons (Fsp3) is 0.294. The smallest absolute Gasteiger partial charge is 0.264 e. The molecule has 0 radical (unpaired) electrons. The van der Waals surface area contributed by atoms with Gasteiger partial charge in [-0.1, -0.05) is 11.6 Å². The summed E-state index contributed by atoms with van der Waals surface area (Å²) in [6.07, 6.45) is 2.25. The van der Waals surface area contributed by atoms with Gasteiger partial charge in [-0.3, -0.25) is 4.79 Å². The van der Waals surface area contributed by atoms with Gasteiger partial charge in [0.05, 0.1) is 25.7 Å². The number of rotatable bonds is 7. The number of aromatic nitrogens is 1. The molecule has 0 bridgehead atoms. The molecule has 1 aromatic carbocycles. The second-order valence-electron chi connectivity index (χ2n) is 5.80. The van der Waals surface area contributed by atoms with Crippen molar-refractivity contribution < 1.29 is 27.4 Å². The maximum absolute atomic E-state index is 11.9. The Bertz CT molecular complexity index is 946. The number of carbonyl (C=O) groups excluding carboxylic acids is 1. The summed E-state index contributed by atoms with van der Waals surface area (Å²) in [5.74, 6) is 0.377. The average Bonchev–Trinajstić information content (AvgIpc) is 2.55. The first kappa shape index (κ1) is 20.8. The number of sulfonamides is 1. The highest BCUT2D eigenvalue weighted by molar-refractivity contribution is 7.89. The molecule has 0 saturated carbocycles. The van der Waals surface area contributed by atoms with Crippen LogP contribution in [0.4, 0.5) is 0 Å². The minimum Gasteiger partial charge on any atom is -0.493 e. The third-order valence-corrected chi connectivity index (χ3v) is 3.89. The van der Waals surface area contributed by atoms with E-state index in [1.165, 1.54) is 37.6 Å². The SMILES string of the molecule is COc1cc(C(=O)NS(C)(=O)=O)ccc1Oc1cnc(OC(C)C)c(Cl)c1. The Kier molecular flexibility index (Phi) is 6.50. The fourth-order valence-corrected chi connectivity index (χ4v) is 2.68. The van der Waals surface area contributed by atoms with Crippen molar-refractivity contribution in [2.24, 2.45) is 0 Å². The Labute approximate surface area is 162 Å². The Morgan fingerprint density at radius 2 is 1.93 bits per heavy atom. The summed E-state index contributed by atoms with van der Waals surface area (Å²) in [7, 11) is -2.28. The molecule has 0 saturated heterocycles. The summed E-state index contributed by atoms with van der Waals surface area (Å²) in [4.78, 5) is 16.0. The van der Waals surface area contributed by atoms with Gasteiger partial charge < -0.3 is 14.2 Å². The molecular formula is C17H19ClN2O6S. The molecule has 0 aliphatic carbocycles. The van der Waals surface area contributed by atoms with Gasteiger partial charge in [0.1, 0.15) is 10.8 Å². The van der Waals surface area contributed by atoms with Crippen LogP contribution in [0.25, 0.3) is 0 Å². The van der Waals surface area contributed by atoms with E-state index in [-0.39, 0.29) is 22.4 Å². The molecule has 1 amide bonds. The van der Waals surface area contributed by atoms with E-state index in [1.54, 1.807) is 0 Å². The maximum Gasteiger partial charge on any atom is 0.264 e. The molecule has 0 unspecified atom stereocenters. The normalized spacial score (nSPS) is 11.2. The second kappa shape index (κ2) is 8.45. The molecule has 1 N–H and O–H groups in total. The number of hydrogen-bond acceptors (Lipinski definition) is 7. The number of nitrogens with one attached hydrogen (secondary N) is 1. The van der Waals surface area contributed by atoms with E-state index < -0.39 is 15.9 Å². The van der Waals surface area contributed by atoms with Crippen LogP contribution in [0.2, 0.25) is 5.02 Å². The van der Waals surface area contributed by atoms with Crippen molar-refractivity contribution in [3.63, 3.8) is 0 Å². The summed E-state index contributed by atoms with van der Waals surface area (Å²) in [6.45, 7) is 3.71. The lowest BCUT2D eigenvalue weighted by Gasteiger charge is -2.13. The lowest BCUT2D eigenvalue weighted by Crippen LogP contribution is -2.29. The molecule has 0 spiro atoms. The Morgan fingerprint density at radius 3 is 2.48 bits per heavy atom. The highest BCUT2D eigenvalue weighted by Crippen LogP contribution is 2.34. The van der Waals surface area contributed by atoms with Gasteiger partial charge in [-0.2, -0.15) is 0 Å². The largest absolute Gasteiger partial charge is 0.493 e. The minimum absolute atomic E-state index is 0.0764. The molecule has 1 aromatic heterocycles. The summed E-state index contributed by atoms with van der Waals surface area (Å²) in [5, 5.41) is 0.282. The predicted octanol–water partition coefficient (Wildman–Crippen LogP) is 3.01. The molecule has 8 nitrogen and oxygen atoms in total. The molecule has 27 heavy (non-hydrogen) atoms. The van der Waals surface area contributed by atoms with E-state index >= 15 is 0 Å². The highest BCUT2D eigenvalue weighted by atomic mass is 35.5. The lowest BCUT2D eigenvalue weighted by atomic mass is 10.2. The Balaban J connectivity index is 2.24. The van der Waals surface area contributed by atoms with Gasteiger partial charge in [-0.15, -0.1) is 0 Å². The van der Waals surface area contributed by atoms with Crippen LogP contribution in [0.15, 0.2) is 30.5 Å². The van der Waals surface area contributed by atoms with Crippen molar-refractivity contribution >= 4 is 27.5 Å². The number of nitrogens with zero attached hydrogens (tertiary/aromatic N) is 1. The zero-order chi connectivity index (χ0) is 20.2. The molecule has 0 aliphatic rings. The number of halogens is 1. The van der Waals surface area contributed by atoms with Crippen molar-refractivity contribution in [2.45, 2.75) is 20.0 Å². The topological polar surface area (TPSA) is 104 Å². The molecule has 10 heteroatoms. The van der Waals surface area contributed by atoms with E-state index in [0.717, 1.165) is 6.26 Å². The first-order valence-corrected chi connectivity index (χ1v) is 10.1. The van der Waals surface area contributed by atoms with Gasteiger partial charge in [0.25, 0.3) is 5.91 Å². The van der Waals surface area contributed by atoms with Gasteiger partial charge in [-0.05, 0) is 32.0 Å². The summed E-state index contributed by atoms with van der Waals surface area (Å²) < 4.78 is 40.6.